The zero-order valence-electron chi connectivity index (χ0n) is 8.67. The summed E-state index contributed by atoms with van der Waals surface area (Å²) in [6.07, 6.45) is 0. The number of primary amides is 1. The Morgan fingerprint density at radius 2 is 2.12 bits per heavy atom. The number of nitrogens with two attached hydrogens (primary N) is 1. The number of aliphatic hydroxyl groups is 1. The van der Waals surface area contributed by atoms with Gasteiger partial charge in [-0.25, -0.2) is 17.7 Å². The van der Waals surface area contributed by atoms with Crippen LogP contribution in [0.5, 0.6) is 0 Å². The van der Waals surface area contributed by atoms with Crippen LogP contribution in [0.3, 0.4) is 0 Å². The molecule has 0 aromatic carbocycles. The summed E-state index contributed by atoms with van der Waals surface area (Å²) in [5.74, 6) is -0.861. The topological polar surface area (TPSA) is 114 Å². The van der Waals surface area contributed by atoms with Gasteiger partial charge in [-0.15, -0.1) is 11.3 Å². The summed E-state index contributed by atoms with van der Waals surface area (Å²) >= 11 is 0.732. The van der Waals surface area contributed by atoms with E-state index < -0.39 is 22.5 Å². The summed E-state index contributed by atoms with van der Waals surface area (Å²) in [4.78, 5) is 14.7. The molecule has 0 fully saturated rings. The number of thiazole rings is 1. The van der Waals surface area contributed by atoms with Gasteiger partial charge in [0.15, 0.2) is 0 Å². The molecule has 1 aromatic heterocycles. The van der Waals surface area contributed by atoms with Gasteiger partial charge in [-0.1, -0.05) is 0 Å². The van der Waals surface area contributed by atoms with Gasteiger partial charge in [-0.05, 0) is 0 Å². The molecule has 1 aromatic rings. The lowest BCUT2D eigenvalue weighted by atomic mass is 10.3. The van der Waals surface area contributed by atoms with Crippen LogP contribution in [0.2, 0.25) is 0 Å². The largest absolute Gasteiger partial charge is 0.391 e. The Balaban J connectivity index is 3.34. The molecule has 1 rings (SSSR count). The van der Waals surface area contributed by atoms with E-state index >= 15 is 0 Å². The number of nitrogens with zero attached hydrogens (tertiary/aromatic N) is 2. The lowest BCUT2D eigenvalue weighted by molar-refractivity contribution is 0.0993. The Hall–Kier alpha value is -1.03. The van der Waals surface area contributed by atoms with Crippen LogP contribution in [-0.2, 0) is 16.6 Å². The van der Waals surface area contributed by atoms with E-state index in [1.807, 2.05) is 0 Å². The number of sulfonamides is 1. The van der Waals surface area contributed by atoms with Gasteiger partial charge in [0.1, 0.15) is 5.69 Å². The molecule has 0 bridgehead atoms. The van der Waals surface area contributed by atoms with Crippen LogP contribution >= 0.6 is 11.3 Å². The molecular weight excluding hydrogens is 254 g/mol. The fourth-order valence-corrected chi connectivity index (χ4v) is 3.24. The third-order valence-electron chi connectivity index (χ3n) is 1.76. The van der Waals surface area contributed by atoms with Crippen LogP contribution in [0.4, 0.5) is 0 Å². The third kappa shape index (κ3) is 2.21. The van der Waals surface area contributed by atoms with Crippen molar-refractivity contribution in [2.45, 2.75) is 10.9 Å². The molecular formula is C7H11N3O4S2. The fourth-order valence-electron chi connectivity index (χ4n) is 0.896. The monoisotopic (exact) mass is 265 g/mol. The van der Waals surface area contributed by atoms with Crippen LogP contribution in [-0.4, -0.2) is 42.8 Å². The van der Waals surface area contributed by atoms with Crippen LogP contribution in [0.1, 0.15) is 15.4 Å². The summed E-state index contributed by atoms with van der Waals surface area (Å²) in [5, 5.41) is 8.94. The minimum atomic E-state index is -3.70. The van der Waals surface area contributed by atoms with E-state index in [1.165, 1.54) is 14.1 Å². The van der Waals surface area contributed by atoms with Gasteiger partial charge in [0.25, 0.3) is 15.9 Å². The van der Waals surface area contributed by atoms with E-state index in [-0.39, 0.29) is 14.9 Å². The van der Waals surface area contributed by atoms with E-state index in [0.29, 0.717) is 0 Å². The molecule has 0 aliphatic heterocycles. The first-order valence-electron chi connectivity index (χ1n) is 4.13. The Labute approximate surface area is 96.6 Å². The normalized spacial score (nSPS) is 12.0. The fraction of sp³-hybridized carbons (Fsp3) is 0.429. The highest BCUT2D eigenvalue weighted by Crippen LogP contribution is 2.24. The van der Waals surface area contributed by atoms with Crippen molar-refractivity contribution in [2.75, 3.05) is 14.1 Å². The third-order valence-corrected chi connectivity index (χ3v) is 4.97. The predicted molar refractivity (Wildman–Crippen MR) is 57.4 cm³/mol. The zero-order valence-corrected chi connectivity index (χ0v) is 10.3. The summed E-state index contributed by atoms with van der Waals surface area (Å²) in [7, 11) is -1.01. The second kappa shape index (κ2) is 4.45. The van der Waals surface area contributed by atoms with Gasteiger partial charge >= 0.3 is 0 Å². The standard InChI is InChI=1S/C7H11N3O4S2/c1-10(2)16(13,14)7-9-5(6(8)12)4(3-11)15-7/h11H,3H2,1-2H3,(H2,8,12). The first-order chi connectivity index (χ1) is 7.30. The number of aromatic nitrogens is 1. The highest BCUT2D eigenvalue weighted by Gasteiger charge is 2.25. The summed E-state index contributed by atoms with van der Waals surface area (Å²) in [6, 6.07) is 0. The Kier molecular flexibility index (Phi) is 3.63. The molecule has 0 radical (unpaired) electrons. The van der Waals surface area contributed by atoms with Crippen LogP contribution in [0.25, 0.3) is 0 Å². The number of carbonyl (C=O) groups excluding carboxylic acids is 1. The summed E-state index contributed by atoms with van der Waals surface area (Å²) in [6.45, 7) is -0.473. The average molecular weight is 265 g/mol. The molecule has 0 saturated heterocycles. The van der Waals surface area contributed by atoms with Crippen LogP contribution in [0.15, 0.2) is 4.34 Å². The van der Waals surface area contributed by atoms with E-state index in [1.54, 1.807) is 0 Å². The number of rotatable bonds is 4. The average Bonchev–Trinajstić information content (AvgIpc) is 2.61. The predicted octanol–water partition coefficient (Wildman–Crippen LogP) is -1.02. The molecule has 0 atom stereocenters. The smallest absolute Gasteiger partial charge is 0.269 e. The number of amides is 1. The SMILES string of the molecule is CN(C)S(=O)(=O)c1nc(C(N)=O)c(CO)s1. The molecule has 1 amide bonds. The molecule has 0 spiro atoms. The molecule has 0 aliphatic carbocycles. The second-order valence-corrected chi connectivity index (χ2v) is 6.47. The van der Waals surface area contributed by atoms with Crippen molar-refractivity contribution in [3.05, 3.63) is 10.6 Å². The molecule has 0 aliphatic rings. The van der Waals surface area contributed by atoms with Crippen molar-refractivity contribution in [2.24, 2.45) is 5.73 Å². The number of aliphatic hydroxyl groups excluding tert-OH is 1. The first kappa shape index (κ1) is 13.0. The van der Waals surface area contributed by atoms with Gasteiger partial charge in [0.05, 0.1) is 11.5 Å². The molecule has 16 heavy (non-hydrogen) atoms. The van der Waals surface area contributed by atoms with E-state index in [9.17, 15) is 13.2 Å². The van der Waals surface area contributed by atoms with Crippen LogP contribution < -0.4 is 5.73 Å². The van der Waals surface area contributed by atoms with Crippen molar-refractivity contribution in [3.8, 4) is 0 Å². The molecule has 0 unspecified atom stereocenters. The van der Waals surface area contributed by atoms with Crippen molar-refractivity contribution in [3.63, 3.8) is 0 Å². The summed E-state index contributed by atoms with van der Waals surface area (Å²) < 4.78 is 24.1. The molecule has 0 saturated carbocycles. The van der Waals surface area contributed by atoms with Gasteiger partial charge in [0, 0.05) is 14.1 Å². The molecule has 9 heteroatoms. The maximum Gasteiger partial charge on any atom is 0.269 e. The maximum atomic E-state index is 11.7. The van der Waals surface area contributed by atoms with Gasteiger partial charge in [-0.2, -0.15) is 0 Å². The van der Waals surface area contributed by atoms with E-state index in [2.05, 4.69) is 4.98 Å². The lowest BCUT2D eigenvalue weighted by Gasteiger charge is -2.06. The van der Waals surface area contributed by atoms with Crippen molar-refractivity contribution >= 4 is 27.3 Å². The highest BCUT2D eigenvalue weighted by atomic mass is 32.2. The molecule has 3 N–H and O–H groups in total. The Morgan fingerprint density at radius 3 is 2.44 bits per heavy atom. The quantitative estimate of drug-likeness (QED) is 0.723. The molecule has 1 heterocycles. The Morgan fingerprint density at radius 1 is 1.56 bits per heavy atom. The van der Waals surface area contributed by atoms with Gasteiger partial charge in [0.2, 0.25) is 4.34 Å². The zero-order chi connectivity index (χ0) is 12.5. The number of hydrogen-bond donors (Lipinski definition) is 2. The molecule has 7 nitrogen and oxygen atoms in total. The first-order valence-corrected chi connectivity index (χ1v) is 6.39. The lowest BCUT2D eigenvalue weighted by Crippen LogP contribution is -2.22. The van der Waals surface area contributed by atoms with Crippen molar-refractivity contribution in [1.29, 1.82) is 0 Å². The van der Waals surface area contributed by atoms with Crippen molar-refractivity contribution < 1.29 is 18.3 Å². The van der Waals surface area contributed by atoms with Crippen LogP contribution in [0, 0.1) is 0 Å². The molecule has 90 valence electrons. The highest BCUT2D eigenvalue weighted by molar-refractivity contribution is 7.91. The van der Waals surface area contributed by atoms with E-state index in [4.69, 9.17) is 10.8 Å². The summed E-state index contributed by atoms with van der Waals surface area (Å²) in [5.41, 5.74) is 4.81. The number of hydrogen-bond acceptors (Lipinski definition) is 6. The maximum absolute atomic E-state index is 11.7. The van der Waals surface area contributed by atoms with Gasteiger partial charge in [-0.3, -0.25) is 4.79 Å². The number of carbonyl (C=O) groups is 1. The van der Waals surface area contributed by atoms with Crippen molar-refractivity contribution in [1.82, 2.24) is 9.29 Å². The minimum Gasteiger partial charge on any atom is -0.391 e. The Bertz CT molecular complexity index is 506. The van der Waals surface area contributed by atoms with Gasteiger partial charge < -0.3 is 10.8 Å². The minimum absolute atomic E-state index is 0.146. The second-order valence-electron chi connectivity index (χ2n) is 3.06. The van der Waals surface area contributed by atoms with E-state index in [0.717, 1.165) is 15.6 Å².